The Morgan fingerprint density at radius 3 is 2.43 bits per heavy atom. The molecule has 0 radical (unpaired) electrons. The van der Waals surface area contributed by atoms with E-state index >= 15 is 0 Å². The van der Waals surface area contributed by atoms with Crippen LogP contribution in [0.1, 0.15) is 57.7 Å². The first-order valence-electron chi connectivity index (χ1n) is 13.0. The van der Waals surface area contributed by atoms with Crippen LogP contribution in [0, 0.1) is 5.92 Å². The Kier molecular flexibility index (Phi) is 6.45. The van der Waals surface area contributed by atoms with Gasteiger partial charge in [0.1, 0.15) is 0 Å². The van der Waals surface area contributed by atoms with Gasteiger partial charge in [0.2, 0.25) is 0 Å². The van der Waals surface area contributed by atoms with Crippen molar-refractivity contribution in [3.8, 4) is 0 Å². The number of nitrogens with zero attached hydrogens (tertiary/aromatic N) is 3. The van der Waals surface area contributed by atoms with Crippen LogP contribution in [0.3, 0.4) is 0 Å². The van der Waals surface area contributed by atoms with E-state index in [0.717, 1.165) is 48.5 Å². The van der Waals surface area contributed by atoms with Gasteiger partial charge >= 0.3 is 0 Å². The number of allylic oxidation sites excluding steroid dienone is 7. The van der Waals surface area contributed by atoms with Crippen LogP contribution < -0.4 is 5.32 Å². The summed E-state index contributed by atoms with van der Waals surface area (Å²) < 4.78 is 2.23. The molecule has 0 saturated carbocycles. The monoisotopic (exact) mass is 470 g/mol. The Labute approximate surface area is 209 Å². The van der Waals surface area contributed by atoms with Crippen LogP contribution in [0.25, 0.3) is 6.08 Å². The zero-order valence-corrected chi connectivity index (χ0v) is 21.7. The number of rotatable bonds is 2. The minimum Gasteiger partial charge on any atom is -0.367 e. The Hall–Kier alpha value is -3.05. The third kappa shape index (κ3) is 4.74. The van der Waals surface area contributed by atoms with Crippen molar-refractivity contribution in [1.29, 1.82) is 0 Å². The number of piperazine rings is 1. The summed E-state index contributed by atoms with van der Waals surface area (Å²) in [6.07, 6.45) is 21.2. The molecule has 1 aromatic rings. The summed E-state index contributed by atoms with van der Waals surface area (Å²) in [7, 11) is 2.12. The lowest BCUT2D eigenvalue weighted by Gasteiger charge is -2.39. The summed E-state index contributed by atoms with van der Waals surface area (Å²) in [5.74, 6) is 0.741. The molecule has 35 heavy (non-hydrogen) atoms. The first-order chi connectivity index (χ1) is 16.8. The van der Waals surface area contributed by atoms with Crippen molar-refractivity contribution in [3.63, 3.8) is 0 Å². The number of carbonyl (C=O) groups excluding carboxylic acids is 1. The van der Waals surface area contributed by atoms with Crippen LogP contribution >= 0.6 is 0 Å². The lowest BCUT2D eigenvalue weighted by Crippen LogP contribution is -2.53. The van der Waals surface area contributed by atoms with Crippen molar-refractivity contribution >= 4 is 12.0 Å². The molecule has 0 spiro atoms. The highest BCUT2D eigenvalue weighted by Gasteiger charge is 2.27. The molecule has 4 heterocycles. The summed E-state index contributed by atoms with van der Waals surface area (Å²) in [6.45, 7) is 10.8. The van der Waals surface area contributed by atoms with E-state index < -0.39 is 0 Å². The molecule has 1 saturated heterocycles. The molecule has 5 heteroatoms. The smallest absolute Gasteiger partial charge is 0.255 e. The molecule has 3 aliphatic heterocycles. The van der Waals surface area contributed by atoms with Crippen LogP contribution in [0.2, 0.25) is 0 Å². The lowest BCUT2D eigenvalue weighted by atomic mass is 9.86. The Morgan fingerprint density at radius 2 is 1.66 bits per heavy atom. The zero-order chi connectivity index (χ0) is 24.7. The van der Waals surface area contributed by atoms with Crippen LogP contribution in [-0.2, 0) is 11.8 Å². The van der Waals surface area contributed by atoms with E-state index in [4.69, 9.17) is 0 Å². The fourth-order valence-electron chi connectivity index (χ4n) is 5.94. The first kappa shape index (κ1) is 23.7. The predicted octanol–water partition coefficient (Wildman–Crippen LogP) is 5.24. The molecule has 4 atom stereocenters. The molecule has 0 bridgehead atoms. The minimum absolute atomic E-state index is 0.0221. The Balaban J connectivity index is 1.48. The molecule has 5 rings (SSSR count). The van der Waals surface area contributed by atoms with Gasteiger partial charge < -0.3 is 14.8 Å². The van der Waals surface area contributed by atoms with Gasteiger partial charge in [-0.05, 0) is 73.6 Å². The maximum atomic E-state index is 13.7. The maximum absolute atomic E-state index is 13.7. The standard InChI is InChI=1S/C30H38N4O/c1-20-9-10-26-11-12-27(33-17-22(3)31-23(4)18-33)19-34(26)29(35)16-28(20)24-8-6-7-21(2)30-25(15-24)13-14-32(30)5/h6,8,10-16,19-23,31H,7,9,17-18H2,1-5H3. The second-order valence-electron chi connectivity index (χ2n) is 10.7. The number of hydrogen-bond donors (Lipinski definition) is 1. The second kappa shape index (κ2) is 9.54. The molecule has 184 valence electrons. The molecule has 4 unspecified atom stereocenters. The van der Waals surface area contributed by atoms with Crippen molar-refractivity contribution in [1.82, 2.24) is 19.7 Å². The Morgan fingerprint density at radius 1 is 0.914 bits per heavy atom. The number of aromatic nitrogens is 1. The highest BCUT2D eigenvalue weighted by molar-refractivity contribution is 5.93. The average Bonchev–Trinajstić information content (AvgIpc) is 3.16. The number of hydrogen-bond acceptors (Lipinski definition) is 3. The van der Waals surface area contributed by atoms with Crippen molar-refractivity contribution in [3.05, 3.63) is 88.7 Å². The summed E-state index contributed by atoms with van der Waals surface area (Å²) in [5, 5.41) is 3.59. The van der Waals surface area contributed by atoms with Gasteiger partial charge in [0.15, 0.2) is 0 Å². The van der Waals surface area contributed by atoms with Crippen molar-refractivity contribution in [2.45, 2.75) is 58.5 Å². The fourth-order valence-corrected chi connectivity index (χ4v) is 5.94. The normalized spacial score (nSPS) is 29.1. The summed E-state index contributed by atoms with van der Waals surface area (Å²) in [4.78, 5) is 17.9. The molecule has 4 aliphatic rings. The third-order valence-corrected chi connectivity index (χ3v) is 7.67. The molecule has 1 aromatic heterocycles. The van der Waals surface area contributed by atoms with E-state index in [1.54, 1.807) is 0 Å². The third-order valence-electron chi connectivity index (χ3n) is 7.67. The van der Waals surface area contributed by atoms with Crippen LogP contribution in [0.15, 0.2) is 77.5 Å². The number of carbonyl (C=O) groups is 1. The van der Waals surface area contributed by atoms with Gasteiger partial charge in [0.25, 0.3) is 5.91 Å². The lowest BCUT2D eigenvalue weighted by molar-refractivity contribution is -0.122. The van der Waals surface area contributed by atoms with Gasteiger partial charge in [-0.15, -0.1) is 0 Å². The quantitative estimate of drug-likeness (QED) is 0.642. The summed E-state index contributed by atoms with van der Waals surface area (Å²) in [5.41, 5.74) is 6.94. The average molecular weight is 471 g/mol. The molecular weight excluding hydrogens is 432 g/mol. The van der Waals surface area contributed by atoms with Crippen LogP contribution in [-0.4, -0.2) is 45.4 Å². The van der Waals surface area contributed by atoms with E-state index in [1.807, 2.05) is 17.2 Å². The number of amides is 1. The van der Waals surface area contributed by atoms with E-state index in [-0.39, 0.29) is 11.8 Å². The van der Waals surface area contributed by atoms with Crippen LogP contribution in [0.4, 0.5) is 0 Å². The zero-order valence-electron chi connectivity index (χ0n) is 21.7. The van der Waals surface area contributed by atoms with Crippen molar-refractivity contribution in [2.75, 3.05) is 13.1 Å². The van der Waals surface area contributed by atoms with E-state index in [0.29, 0.717) is 18.0 Å². The molecule has 1 amide bonds. The first-order valence-corrected chi connectivity index (χ1v) is 13.0. The minimum atomic E-state index is 0.0221. The van der Waals surface area contributed by atoms with E-state index in [2.05, 4.69) is 98.2 Å². The SMILES string of the molecule is CC1CN(C2=CN3C(=O)C=C(C4=Cc5ccn(C)c5C(C)CC=C4)C(C)CC=C3C=C2)CC(C)N1. The number of fused-ring (bicyclic) bond motifs is 2. The Bertz CT molecular complexity index is 1180. The van der Waals surface area contributed by atoms with Crippen LogP contribution in [0.5, 0.6) is 0 Å². The fraction of sp³-hybridized carbons (Fsp3) is 0.433. The van der Waals surface area contributed by atoms with Gasteiger partial charge in [-0.25, -0.2) is 0 Å². The summed E-state index contributed by atoms with van der Waals surface area (Å²) in [6, 6.07) is 3.03. The largest absolute Gasteiger partial charge is 0.367 e. The highest BCUT2D eigenvalue weighted by atomic mass is 16.2. The highest BCUT2D eigenvalue weighted by Crippen LogP contribution is 2.35. The topological polar surface area (TPSA) is 40.5 Å². The summed E-state index contributed by atoms with van der Waals surface area (Å²) >= 11 is 0. The number of aryl methyl sites for hydroxylation is 1. The second-order valence-corrected chi connectivity index (χ2v) is 10.7. The van der Waals surface area contributed by atoms with Crippen molar-refractivity contribution < 1.29 is 4.79 Å². The van der Waals surface area contributed by atoms with E-state index in [1.165, 1.54) is 11.3 Å². The maximum Gasteiger partial charge on any atom is 0.255 e. The van der Waals surface area contributed by atoms with Crippen molar-refractivity contribution in [2.24, 2.45) is 13.0 Å². The molecule has 1 fully saturated rings. The molecule has 1 aliphatic carbocycles. The van der Waals surface area contributed by atoms with Gasteiger partial charge in [-0.1, -0.05) is 32.1 Å². The van der Waals surface area contributed by atoms with Gasteiger partial charge in [0, 0.05) is 68.0 Å². The van der Waals surface area contributed by atoms with E-state index in [9.17, 15) is 4.79 Å². The molecule has 1 N–H and O–H groups in total. The van der Waals surface area contributed by atoms with Gasteiger partial charge in [-0.2, -0.15) is 0 Å². The number of nitrogens with one attached hydrogen (secondary N) is 1. The molecular formula is C30H38N4O. The molecule has 0 aromatic carbocycles. The van der Waals surface area contributed by atoms with Gasteiger partial charge in [0.05, 0.1) is 5.70 Å². The predicted molar refractivity (Wildman–Crippen MR) is 143 cm³/mol. The molecule has 5 nitrogen and oxygen atoms in total. The van der Waals surface area contributed by atoms with Gasteiger partial charge in [-0.3, -0.25) is 9.69 Å².